The fraction of sp³-hybridized carbons (Fsp3) is 1.00. The number of hydrogen-bond donors (Lipinski definition) is 1. The van der Waals surface area contributed by atoms with E-state index in [1.54, 1.807) is 0 Å². The molecule has 1 aliphatic rings. The highest BCUT2D eigenvalue weighted by Crippen LogP contribution is 2.24. The molecular weight excluding hydrogens is 208 g/mol. The van der Waals surface area contributed by atoms with Crippen LogP contribution in [-0.4, -0.2) is 36.6 Å². The lowest BCUT2D eigenvalue weighted by molar-refractivity contribution is 0.174. The van der Waals surface area contributed by atoms with Crippen LogP contribution in [0.15, 0.2) is 0 Å². The average molecular weight is 240 g/mol. The van der Waals surface area contributed by atoms with E-state index in [-0.39, 0.29) is 0 Å². The third-order valence-corrected chi connectivity index (χ3v) is 3.62. The number of nitrogens with zero attached hydrogens (tertiary/aromatic N) is 1. The van der Waals surface area contributed by atoms with E-state index in [1.165, 1.54) is 51.7 Å². The van der Waals surface area contributed by atoms with Gasteiger partial charge in [-0.15, -0.1) is 0 Å². The molecule has 0 spiro atoms. The van der Waals surface area contributed by atoms with Gasteiger partial charge in [0.15, 0.2) is 0 Å². The van der Waals surface area contributed by atoms with Crippen LogP contribution in [0.5, 0.6) is 0 Å². The molecule has 0 aromatic rings. The standard InChI is InChI=1S/C15H32N2/c1-13(2)12-17(15-8-5-6-9-15)11-7-10-16-14(3)4/h13-16H,5-12H2,1-4H3. The first-order valence-electron chi connectivity index (χ1n) is 7.57. The van der Waals surface area contributed by atoms with Crippen molar-refractivity contribution in [3.63, 3.8) is 0 Å². The van der Waals surface area contributed by atoms with E-state index in [0.717, 1.165) is 12.0 Å². The van der Waals surface area contributed by atoms with Gasteiger partial charge in [0.1, 0.15) is 0 Å². The fourth-order valence-corrected chi connectivity index (χ4v) is 2.83. The van der Waals surface area contributed by atoms with E-state index in [0.29, 0.717) is 6.04 Å². The summed E-state index contributed by atoms with van der Waals surface area (Å²) < 4.78 is 0. The Bertz CT molecular complexity index is 183. The van der Waals surface area contributed by atoms with E-state index < -0.39 is 0 Å². The van der Waals surface area contributed by atoms with Gasteiger partial charge in [0.25, 0.3) is 0 Å². The Balaban J connectivity index is 2.25. The van der Waals surface area contributed by atoms with Gasteiger partial charge in [0.05, 0.1) is 0 Å². The summed E-state index contributed by atoms with van der Waals surface area (Å²) in [7, 11) is 0. The monoisotopic (exact) mass is 240 g/mol. The van der Waals surface area contributed by atoms with Crippen LogP contribution >= 0.6 is 0 Å². The molecule has 17 heavy (non-hydrogen) atoms. The van der Waals surface area contributed by atoms with Crippen molar-refractivity contribution in [3.05, 3.63) is 0 Å². The molecule has 0 saturated heterocycles. The molecule has 1 saturated carbocycles. The van der Waals surface area contributed by atoms with Gasteiger partial charge in [-0.2, -0.15) is 0 Å². The lowest BCUT2D eigenvalue weighted by Crippen LogP contribution is -2.38. The minimum absolute atomic E-state index is 0.625. The van der Waals surface area contributed by atoms with Crippen molar-refractivity contribution >= 4 is 0 Å². The zero-order valence-corrected chi connectivity index (χ0v) is 12.3. The second-order valence-electron chi connectivity index (χ2n) is 6.29. The van der Waals surface area contributed by atoms with Gasteiger partial charge in [-0.25, -0.2) is 0 Å². The van der Waals surface area contributed by atoms with Crippen LogP contribution in [0.2, 0.25) is 0 Å². The molecule has 2 nitrogen and oxygen atoms in total. The zero-order valence-electron chi connectivity index (χ0n) is 12.3. The van der Waals surface area contributed by atoms with Gasteiger partial charge in [-0.05, 0) is 38.3 Å². The largest absolute Gasteiger partial charge is 0.314 e. The van der Waals surface area contributed by atoms with E-state index in [4.69, 9.17) is 0 Å². The fourth-order valence-electron chi connectivity index (χ4n) is 2.83. The van der Waals surface area contributed by atoms with Crippen molar-refractivity contribution in [1.82, 2.24) is 10.2 Å². The number of rotatable bonds is 8. The minimum Gasteiger partial charge on any atom is -0.314 e. The third-order valence-electron chi connectivity index (χ3n) is 3.62. The van der Waals surface area contributed by atoms with Crippen LogP contribution in [0, 0.1) is 5.92 Å². The summed E-state index contributed by atoms with van der Waals surface area (Å²) in [4.78, 5) is 2.75. The molecule has 2 heteroatoms. The first-order chi connectivity index (χ1) is 8.09. The Hall–Kier alpha value is -0.0800. The maximum atomic E-state index is 3.52. The quantitative estimate of drug-likeness (QED) is 0.655. The van der Waals surface area contributed by atoms with Gasteiger partial charge in [0.2, 0.25) is 0 Å². The second kappa shape index (κ2) is 8.10. The molecule has 0 heterocycles. The molecule has 1 rings (SSSR count). The third kappa shape index (κ3) is 6.42. The molecule has 1 aliphatic carbocycles. The summed E-state index contributed by atoms with van der Waals surface area (Å²) in [5.41, 5.74) is 0. The molecular formula is C15H32N2. The SMILES string of the molecule is CC(C)CN(CCCNC(C)C)C1CCCC1. The van der Waals surface area contributed by atoms with Gasteiger partial charge in [0, 0.05) is 18.6 Å². The molecule has 0 unspecified atom stereocenters. The second-order valence-corrected chi connectivity index (χ2v) is 6.29. The molecule has 1 N–H and O–H groups in total. The van der Waals surface area contributed by atoms with Gasteiger partial charge >= 0.3 is 0 Å². The maximum absolute atomic E-state index is 3.52. The Kier molecular flexibility index (Phi) is 7.14. The summed E-state index contributed by atoms with van der Waals surface area (Å²) in [6, 6.07) is 1.51. The Labute approximate surface area is 108 Å². The lowest BCUT2D eigenvalue weighted by Gasteiger charge is -2.30. The first-order valence-corrected chi connectivity index (χ1v) is 7.57. The van der Waals surface area contributed by atoms with E-state index in [2.05, 4.69) is 37.9 Å². The lowest BCUT2D eigenvalue weighted by atomic mass is 10.1. The first kappa shape index (κ1) is 15.0. The normalized spacial score (nSPS) is 17.8. The summed E-state index contributed by atoms with van der Waals surface area (Å²) in [5.74, 6) is 0.800. The highest BCUT2D eigenvalue weighted by atomic mass is 15.2. The maximum Gasteiger partial charge on any atom is 0.00953 e. The van der Waals surface area contributed by atoms with E-state index in [1.807, 2.05) is 0 Å². The molecule has 0 aromatic heterocycles. The molecule has 0 aliphatic heterocycles. The van der Waals surface area contributed by atoms with Crippen molar-refractivity contribution in [2.45, 2.75) is 71.9 Å². The Morgan fingerprint density at radius 3 is 2.29 bits per heavy atom. The van der Waals surface area contributed by atoms with Crippen molar-refractivity contribution < 1.29 is 0 Å². The average Bonchev–Trinajstić information content (AvgIpc) is 2.74. The van der Waals surface area contributed by atoms with Crippen molar-refractivity contribution in [2.24, 2.45) is 5.92 Å². The predicted molar refractivity (Wildman–Crippen MR) is 76.4 cm³/mol. The van der Waals surface area contributed by atoms with Crippen LogP contribution in [0.25, 0.3) is 0 Å². The molecule has 1 fully saturated rings. The Morgan fingerprint density at radius 1 is 1.12 bits per heavy atom. The van der Waals surface area contributed by atoms with Crippen LogP contribution < -0.4 is 5.32 Å². The topological polar surface area (TPSA) is 15.3 Å². The van der Waals surface area contributed by atoms with Gasteiger partial charge < -0.3 is 10.2 Å². The molecule has 0 bridgehead atoms. The molecule has 0 atom stereocenters. The van der Waals surface area contributed by atoms with Crippen LogP contribution in [0.1, 0.15) is 59.8 Å². The minimum atomic E-state index is 0.625. The van der Waals surface area contributed by atoms with E-state index in [9.17, 15) is 0 Å². The summed E-state index contributed by atoms with van der Waals surface area (Å²) in [6.07, 6.45) is 7.06. The van der Waals surface area contributed by atoms with Crippen LogP contribution in [-0.2, 0) is 0 Å². The van der Waals surface area contributed by atoms with Crippen LogP contribution in [0.4, 0.5) is 0 Å². The van der Waals surface area contributed by atoms with E-state index >= 15 is 0 Å². The van der Waals surface area contributed by atoms with Crippen molar-refractivity contribution in [2.75, 3.05) is 19.6 Å². The van der Waals surface area contributed by atoms with Crippen molar-refractivity contribution in [3.8, 4) is 0 Å². The molecule has 0 aromatic carbocycles. The highest BCUT2D eigenvalue weighted by Gasteiger charge is 2.22. The summed E-state index contributed by atoms with van der Waals surface area (Å²) in [5, 5.41) is 3.52. The smallest absolute Gasteiger partial charge is 0.00953 e. The summed E-state index contributed by atoms with van der Waals surface area (Å²) >= 11 is 0. The predicted octanol–water partition coefficient (Wildman–Crippen LogP) is 3.28. The highest BCUT2D eigenvalue weighted by molar-refractivity contribution is 4.78. The van der Waals surface area contributed by atoms with Crippen molar-refractivity contribution in [1.29, 1.82) is 0 Å². The molecule has 0 radical (unpaired) electrons. The number of nitrogens with one attached hydrogen (secondary N) is 1. The summed E-state index contributed by atoms with van der Waals surface area (Å²) in [6.45, 7) is 12.9. The van der Waals surface area contributed by atoms with Gasteiger partial charge in [-0.3, -0.25) is 0 Å². The number of hydrogen-bond acceptors (Lipinski definition) is 2. The van der Waals surface area contributed by atoms with Crippen LogP contribution in [0.3, 0.4) is 0 Å². The van der Waals surface area contributed by atoms with Gasteiger partial charge in [-0.1, -0.05) is 40.5 Å². The molecule has 102 valence electrons. The molecule has 0 amide bonds. The Morgan fingerprint density at radius 2 is 1.76 bits per heavy atom. The zero-order chi connectivity index (χ0) is 12.7.